The molecule has 2 aromatic rings. The summed E-state index contributed by atoms with van der Waals surface area (Å²) < 4.78 is 6.19. The van der Waals surface area contributed by atoms with Crippen molar-refractivity contribution in [2.24, 2.45) is 11.8 Å². The summed E-state index contributed by atoms with van der Waals surface area (Å²) in [6.07, 6.45) is 1.88. The third kappa shape index (κ3) is 2.77. The summed E-state index contributed by atoms with van der Waals surface area (Å²) in [5, 5.41) is 4.10. The SMILES string of the molecule is Cc1cc(CN2CC3CN(c4ccc(Br)cn4)CC3C2)no1. The number of aryl methyl sites for hydroxylation is 1. The van der Waals surface area contributed by atoms with Gasteiger partial charge >= 0.3 is 0 Å². The molecule has 0 N–H and O–H groups in total. The van der Waals surface area contributed by atoms with Gasteiger partial charge in [0.25, 0.3) is 0 Å². The van der Waals surface area contributed by atoms with Gasteiger partial charge in [-0.3, -0.25) is 4.90 Å². The molecule has 2 saturated heterocycles. The number of hydrogen-bond acceptors (Lipinski definition) is 5. The van der Waals surface area contributed by atoms with Crippen molar-refractivity contribution < 1.29 is 4.52 Å². The van der Waals surface area contributed by atoms with Crippen molar-refractivity contribution >= 4 is 21.7 Å². The van der Waals surface area contributed by atoms with Gasteiger partial charge in [-0.05, 0) is 46.8 Å². The number of aromatic nitrogens is 2. The first-order valence-electron chi connectivity index (χ1n) is 7.68. The van der Waals surface area contributed by atoms with Crippen molar-refractivity contribution in [1.82, 2.24) is 15.0 Å². The van der Waals surface area contributed by atoms with Crippen molar-refractivity contribution in [2.75, 3.05) is 31.1 Å². The molecule has 0 amide bonds. The topological polar surface area (TPSA) is 45.4 Å². The molecule has 0 saturated carbocycles. The van der Waals surface area contributed by atoms with Crippen molar-refractivity contribution in [2.45, 2.75) is 13.5 Å². The maximum absolute atomic E-state index is 5.16. The van der Waals surface area contributed by atoms with Gasteiger partial charge in [-0.2, -0.15) is 0 Å². The maximum atomic E-state index is 5.16. The third-order valence-corrected chi connectivity index (χ3v) is 5.13. The molecule has 5 nitrogen and oxygen atoms in total. The number of hydrogen-bond donors (Lipinski definition) is 0. The number of pyridine rings is 1. The second-order valence-electron chi connectivity index (χ2n) is 6.38. The van der Waals surface area contributed by atoms with Gasteiger partial charge in [0, 0.05) is 49.5 Å². The Morgan fingerprint density at radius 3 is 2.59 bits per heavy atom. The molecule has 22 heavy (non-hydrogen) atoms. The first-order chi connectivity index (χ1) is 10.7. The van der Waals surface area contributed by atoms with Gasteiger partial charge in [0.2, 0.25) is 0 Å². The zero-order chi connectivity index (χ0) is 15.1. The van der Waals surface area contributed by atoms with Gasteiger partial charge in [-0.1, -0.05) is 5.16 Å². The van der Waals surface area contributed by atoms with Crippen LogP contribution < -0.4 is 4.90 Å². The summed E-state index contributed by atoms with van der Waals surface area (Å²) in [5.41, 5.74) is 1.05. The molecule has 0 bridgehead atoms. The lowest BCUT2D eigenvalue weighted by Crippen LogP contribution is -2.29. The van der Waals surface area contributed by atoms with Crippen LogP contribution >= 0.6 is 15.9 Å². The molecule has 0 radical (unpaired) electrons. The monoisotopic (exact) mass is 362 g/mol. The summed E-state index contributed by atoms with van der Waals surface area (Å²) in [6, 6.07) is 6.20. The standard InChI is InChI=1S/C16H19BrN4O/c1-11-4-15(19-22-11)10-20-6-12-8-21(9-13(12)7-20)16-3-2-14(17)5-18-16/h2-5,12-13H,6-10H2,1H3. The fourth-order valence-electron chi connectivity index (χ4n) is 3.68. The van der Waals surface area contributed by atoms with Crippen LogP contribution in [0.3, 0.4) is 0 Å². The van der Waals surface area contributed by atoms with E-state index < -0.39 is 0 Å². The van der Waals surface area contributed by atoms with E-state index in [0.717, 1.165) is 66.3 Å². The van der Waals surface area contributed by atoms with Gasteiger partial charge in [-0.15, -0.1) is 0 Å². The molecule has 2 fully saturated rings. The van der Waals surface area contributed by atoms with Crippen LogP contribution in [-0.4, -0.2) is 41.2 Å². The van der Waals surface area contributed by atoms with Crippen LogP contribution in [0.1, 0.15) is 11.5 Å². The third-order valence-electron chi connectivity index (χ3n) is 4.66. The highest BCUT2D eigenvalue weighted by atomic mass is 79.9. The number of likely N-dealkylation sites (tertiary alicyclic amines) is 1. The van der Waals surface area contributed by atoms with E-state index in [1.807, 2.05) is 19.2 Å². The predicted molar refractivity (Wildman–Crippen MR) is 87.6 cm³/mol. The van der Waals surface area contributed by atoms with Crippen LogP contribution in [0.2, 0.25) is 0 Å². The summed E-state index contributed by atoms with van der Waals surface area (Å²) in [5.74, 6) is 3.45. The van der Waals surface area contributed by atoms with Crippen LogP contribution in [0.4, 0.5) is 5.82 Å². The lowest BCUT2D eigenvalue weighted by Gasteiger charge is -2.21. The van der Waals surface area contributed by atoms with Gasteiger partial charge < -0.3 is 9.42 Å². The minimum absolute atomic E-state index is 0.735. The summed E-state index contributed by atoms with van der Waals surface area (Å²) in [4.78, 5) is 9.44. The van der Waals surface area contributed by atoms with Crippen molar-refractivity contribution in [3.63, 3.8) is 0 Å². The highest BCUT2D eigenvalue weighted by Gasteiger charge is 2.40. The second-order valence-corrected chi connectivity index (χ2v) is 7.30. The van der Waals surface area contributed by atoms with E-state index in [9.17, 15) is 0 Å². The molecule has 2 aliphatic rings. The highest BCUT2D eigenvalue weighted by Crippen LogP contribution is 2.34. The molecule has 4 rings (SSSR count). The molecule has 4 heterocycles. The molecular formula is C16H19BrN4O. The van der Waals surface area contributed by atoms with E-state index in [1.165, 1.54) is 0 Å². The van der Waals surface area contributed by atoms with E-state index in [0.29, 0.717) is 0 Å². The fraction of sp³-hybridized carbons (Fsp3) is 0.500. The minimum atomic E-state index is 0.735. The van der Waals surface area contributed by atoms with E-state index in [2.05, 4.69) is 48.0 Å². The molecule has 2 aliphatic heterocycles. The summed E-state index contributed by atoms with van der Waals surface area (Å²) in [6.45, 7) is 7.34. The van der Waals surface area contributed by atoms with Crippen molar-refractivity contribution in [3.05, 3.63) is 40.3 Å². The van der Waals surface area contributed by atoms with Crippen molar-refractivity contribution in [3.8, 4) is 0 Å². The molecule has 0 aliphatic carbocycles. The quantitative estimate of drug-likeness (QED) is 0.839. The average molecular weight is 363 g/mol. The Balaban J connectivity index is 1.37. The van der Waals surface area contributed by atoms with Crippen LogP contribution in [0.15, 0.2) is 33.4 Å². The van der Waals surface area contributed by atoms with Crippen LogP contribution in [0, 0.1) is 18.8 Å². The first-order valence-corrected chi connectivity index (χ1v) is 8.48. The molecule has 6 heteroatoms. The number of nitrogens with zero attached hydrogens (tertiary/aromatic N) is 4. The largest absolute Gasteiger partial charge is 0.361 e. The Hall–Kier alpha value is -1.40. The Morgan fingerprint density at radius 1 is 1.23 bits per heavy atom. The Kier molecular flexibility index (Phi) is 3.66. The summed E-state index contributed by atoms with van der Waals surface area (Å²) in [7, 11) is 0. The van der Waals surface area contributed by atoms with E-state index in [1.54, 1.807) is 0 Å². The zero-order valence-electron chi connectivity index (χ0n) is 12.6. The zero-order valence-corrected chi connectivity index (χ0v) is 14.2. The smallest absolute Gasteiger partial charge is 0.133 e. The summed E-state index contributed by atoms with van der Waals surface area (Å²) >= 11 is 3.44. The van der Waals surface area contributed by atoms with Crippen LogP contribution in [-0.2, 0) is 6.54 Å². The van der Waals surface area contributed by atoms with Gasteiger partial charge in [-0.25, -0.2) is 4.98 Å². The minimum Gasteiger partial charge on any atom is -0.361 e. The fourth-order valence-corrected chi connectivity index (χ4v) is 3.92. The molecule has 0 aromatic carbocycles. The molecule has 2 unspecified atom stereocenters. The van der Waals surface area contributed by atoms with E-state index in [-0.39, 0.29) is 0 Å². The number of halogens is 1. The molecule has 116 valence electrons. The van der Waals surface area contributed by atoms with Gasteiger partial charge in [0.05, 0.1) is 5.69 Å². The lowest BCUT2D eigenvalue weighted by atomic mass is 10.0. The number of fused-ring (bicyclic) bond motifs is 1. The molecule has 2 aromatic heterocycles. The molecule has 0 spiro atoms. The lowest BCUT2D eigenvalue weighted by molar-refractivity contribution is 0.294. The van der Waals surface area contributed by atoms with Crippen LogP contribution in [0.25, 0.3) is 0 Å². The number of rotatable bonds is 3. The predicted octanol–water partition coefficient (Wildman–Crippen LogP) is 2.71. The van der Waals surface area contributed by atoms with Gasteiger partial charge in [0.15, 0.2) is 0 Å². The maximum Gasteiger partial charge on any atom is 0.133 e. The number of anilines is 1. The van der Waals surface area contributed by atoms with Gasteiger partial charge in [0.1, 0.15) is 11.6 Å². The van der Waals surface area contributed by atoms with E-state index in [4.69, 9.17) is 4.52 Å². The van der Waals surface area contributed by atoms with Crippen molar-refractivity contribution in [1.29, 1.82) is 0 Å². The Morgan fingerprint density at radius 2 is 2.00 bits per heavy atom. The normalized spacial score (nSPS) is 24.9. The average Bonchev–Trinajstić information content (AvgIpc) is 3.15. The second kappa shape index (κ2) is 5.66. The Labute approximate surface area is 138 Å². The Bertz CT molecular complexity index is 642. The van der Waals surface area contributed by atoms with Crippen LogP contribution in [0.5, 0.6) is 0 Å². The molecule has 2 atom stereocenters. The highest BCUT2D eigenvalue weighted by molar-refractivity contribution is 9.10. The molecular weight excluding hydrogens is 344 g/mol. The first kappa shape index (κ1) is 14.2. The van der Waals surface area contributed by atoms with E-state index >= 15 is 0 Å².